The van der Waals surface area contributed by atoms with Gasteiger partial charge in [-0.25, -0.2) is 26.6 Å². The molecule has 2 fully saturated rings. The summed E-state index contributed by atoms with van der Waals surface area (Å²) < 4.78 is 74.0. The molecule has 0 radical (unpaired) electrons. The molecule has 2 N–H and O–H groups in total. The molecule has 214 valence electrons. The van der Waals surface area contributed by atoms with Gasteiger partial charge in [-0.15, -0.1) is 0 Å². The quantitative estimate of drug-likeness (QED) is 0.274. The minimum atomic E-state index is -4.16. The number of aryl methyl sites for hydroxylation is 1. The second-order valence-electron chi connectivity index (χ2n) is 10.4. The molecule has 2 aromatic heterocycles. The number of nitrogens with one attached hydrogen (secondary N) is 2. The number of aromatic nitrogens is 2. The standard InChI is InChI=1S/C27H31F3N6O2S2/c1-4-18-5-6-21(29)24(33-40(37,38)20-7-10-35(15-20)39-17(2)3)23(18)25(31)36-12-11-34(16-27(36)8-9-27)26-22(30)13-19(28)14-32-26/h5-7,10,13-15,17,31,33H,4,8-9,11-12,16H2,1-3H3. The van der Waals surface area contributed by atoms with Crippen molar-refractivity contribution in [2.24, 2.45) is 0 Å². The molecule has 0 bridgehead atoms. The van der Waals surface area contributed by atoms with Gasteiger partial charge in [-0.1, -0.05) is 26.8 Å². The van der Waals surface area contributed by atoms with E-state index in [0.717, 1.165) is 12.3 Å². The van der Waals surface area contributed by atoms with Crippen LogP contribution in [0.25, 0.3) is 0 Å². The predicted molar refractivity (Wildman–Crippen MR) is 151 cm³/mol. The molecule has 40 heavy (non-hydrogen) atoms. The highest BCUT2D eigenvalue weighted by atomic mass is 32.2. The number of piperazine rings is 1. The van der Waals surface area contributed by atoms with Crippen molar-refractivity contribution in [1.82, 2.24) is 13.9 Å². The lowest BCUT2D eigenvalue weighted by atomic mass is 9.99. The molecule has 0 atom stereocenters. The van der Waals surface area contributed by atoms with Crippen molar-refractivity contribution in [1.29, 1.82) is 5.41 Å². The molecule has 1 aliphatic heterocycles. The summed E-state index contributed by atoms with van der Waals surface area (Å²) in [6, 6.07) is 5.03. The number of pyridine rings is 1. The van der Waals surface area contributed by atoms with Crippen LogP contribution in [0.1, 0.15) is 44.7 Å². The monoisotopic (exact) mass is 592 g/mol. The van der Waals surface area contributed by atoms with E-state index in [4.69, 9.17) is 0 Å². The zero-order valence-corrected chi connectivity index (χ0v) is 24.1. The molecule has 1 aliphatic carbocycles. The number of hydrogen-bond acceptors (Lipinski definition) is 6. The largest absolute Gasteiger partial charge is 0.350 e. The van der Waals surface area contributed by atoms with Crippen molar-refractivity contribution in [3.63, 3.8) is 0 Å². The first-order chi connectivity index (χ1) is 18.9. The van der Waals surface area contributed by atoms with Gasteiger partial charge in [0.1, 0.15) is 22.4 Å². The third kappa shape index (κ3) is 5.40. The summed E-state index contributed by atoms with van der Waals surface area (Å²) in [6.45, 7) is 6.79. The Balaban J connectivity index is 1.45. The normalized spacial score (nSPS) is 16.6. The second-order valence-corrected chi connectivity index (χ2v) is 13.6. The number of amidine groups is 1. The molecule has 2 aliphatic rings. The Bertz CT molecular complexity index is 1560. The number of benzene rings is 1. The van der Waals surface area contributed by atoms with E-state index in [0.29, 0.717) is 44.5 Å². The van der Waals surface area contributed by atoms with E-state index in [-0.39, 0.29) is 33.0 Å². The predicted octanol–water partition coefficient (Wildman–Crippen LogP) is 5.25. The highest BCUT2D eigenvalue weighted by molar-refractivity contribution is 7.98. The Morgan fingerprint density at radius 1 is 1.18 bits per heavy atom. The van der Waals surface area contributed by atoms with Crippen LogP contribution in [0.2, 0.25) is 0 Å². The average Bonchev–Trinajstić information content (AvgIpc) is 3.47. The van der Waals surface area contributed by atoms with Gasteiger partial charge in [0.2, 0.25) is 0 Å². The van der Waals surface area contributed by atoms with E-state index < -0.39 is 33.0 Å². The number of sulfonamides is 1. The summed E-state index contributed by atoms with van der Waals surface area (Å²) in [5.74, 6) is -2.24. The first kappa shape index (κ1) is 28.3. The summed E-state index contributed by atoms with van der Waals surface area (Å²) in [6.07, 6.45) is 5.96. The van der Waals surface area contributed by atoms with Gasteiger partial charge in [-0.05, 0) is 48.9 Å². The van der Waals surface area contributed by atoms with Crippen molar-refractivity contribution in [2.75, 3.05) is 29.3 Å². The number of halogens is 3. The highest BCUT2D eigenvalue weighted by Crippen LogP contribution is 2.46. The van der Waals surface area contributed by atoms with Crippen molar-refractivity contribution in [3.05, 3.63) is 71.4 Å². The van der Waals surface area contributed by atoms with Crippen LogP contribution in [0.15, 0.2) is 47.8 Å². The van der Waals surface area contributed by atoms with E-state index >= 15 is 4.39 Å². The third-order valence-electron chi connectivity index (χ3n) is 7.21. The minimum Gasteiger partial charge on any atom is -0.350 e. The van der Waals surface area contributed by atoms with Gasteiger partial charge in [0.25, 0.3) is 10.0 Å². The Kier molecular flexibility index (Phi) is 7.55. The maximum atomic E-state index is 15.3. The van der Waals surface area contributed by atoms with Crippen molar-refractivity contribution >= 4 is 39.3 Å². The van der Waals surface area contributed by atoms with E-state index in [1.165, 1.54) is 30.3 Å². The average molecular weight is 593 g/mol. The Hall–Kier alpha value is -3.19. The van der Waals surface area contributed by atoms with Crippen LogP contribution in [0.5, 0.6) is 0 Å². The summed E-state index contributed by atoms with van der Waals surface area (Å²) in [5, 5.41) is 9.42. The van der Waals surface area contributed by atoms with Crippen LogP contribution in [0.4, 0.5) is 24.7 Å². The first-order valence-electron chi connectivity index (χ1n) is 13.1. The zero-order chi connectivity index (χ0) is 28.8. The lowest BCUT2D eigenvalue weighted by Crippen LogP contribution is -2.57. The molecule has 1 aromatic carbocycles. The van der Waals surface area contributed by atoms with Crippen LogP contribution in [-0.4, -0.2) is 58.5 Å². The van der Waals surface area contributed by atoms with Gasteiger partial charge in [-0.2, -0.15) is 0 Å². The molecule has 1 saturated heterocycles. The Morgan fingerprint density at radius 2 is 1.93 bits per heavy atom. The number of hydrogen-bond donors (Lipinski definition) is 2. The fourth-order valence-electron chi connectivity index (χ4n) is 5.16. The summed E-state index contributed by atoms with van der Waals surface area (Å²) >= 11 is 1.44. The van der Waals surface area contributed by atoms with Gasteiger partial charge in [0.15, 0.2) is 11.6 Å². The smallest absolute Gasteiger partial charge is 0.263 e. The van der Waals surface area contributed by atoms with Gasteiger partial charge in [0, 0.05) is 48.9 Å². The molecule has 0 amide bonds. The molecular weight excluding hydrogens is 561 g/mol. The van der Waals surface area contributed by atoms with Gasteiger partial charge >= 0.3 is 0 Å². The van der Waals surface area contributed by atoms with Crippen LogP contribution >= 0.6 is 11.9 Å². The van der Waals surface area contributed by atoms with E-state index in [1.54, 1.807) is 21.1 Å². The summed E-state index contributed by atoms with van der Waals surface area (Å²) in [4.78, 5) is 7.51. The number of anilines is 2. The zero-order valence-electron chi connectivity index (χ0n) is 22.4. The molecular formula is C27H31F3N6O2S2. The van der Waals surface area contributed by atoms with Crippen LogP contribution < -0.4 is 9.62 Å². The molecule has 1 saturated carbocycles. The maximum absolute atomic E-state index is 15.3. The van der Waals surface area contributed by atoms with Crippen molar-refractivity contribution in [2.45, 2.75) is 55.7 Å². The topological polar surface area (TPSA) is 94.3 Å². The van der Waals surface area contributed by atoms with E-state index in [2.05, 4.69) is 9.71 Å². The number of nitrogens with zero attached hydrogens (tertiary/aromatic N) is 4. The fraction of sp³-hybridized carbons (Fsp3) is 0.407. The Morgan fingerprint density at radius 3 is 2.58 bits per heavy atom. The second kappa shape index (κ2) is 10.7. The lowest BCUT2D eigenvalue weighted by Gasteiger charge is -2.44. The third-order valence-corrected chi connectivity index (χ3v) is 9.44. The summed E-state index contributed by atoms with van der Waals surface area (Å²) in [7, 11) is -4.16. The van der Waals surface area contributed by atoms with Gasteiger partial charge in [-0.3, -0.25) is 14.1 Å². The fourth-order valence-corrected chi connectivity index (χ4v) is 7.10. The molecule has 13 heteroatoms. The maximum Gasteiger partial charge on any atom is 0.263 e. The molecule has 5 rings (SSSR count). The summed E-state index contributed by atoms with van der Waals surface area (Å²) in [5.41, 5.74) is 0.0313. The van der Waals surface area contributed by atoms with Crippen molar-refractivity contribution < 1.29 is 21.6 Å². The molecule has 0 unspecified atom stereocenters. The van der Waals surface area contributed by atoms with Crippen molar-refractivity contribution in [3.8, 4) is 0 Å². The minimum absolute atomic E-state index is 0.00618. The number of rotatable bonds is 8. The molecule has 3 heterocycles. The Labute approximate surface area is 236 Å². The first-order valence-corrected chi connectivity index (χ1v) is 15.4. The van der Waals surface area contributed by atoms with Gasteiger partial charge in [0.05, 0.1) is 17.4 Å². The molecule has 8 nitrogen and oxygen atoms in total. The van der Waals surface area contributed by atoms with Crippen LogP contribution in [0.3, 0.4) is 0 Å². The van der Waals surface area contributed by atoms with Crippen LogP contribution in [0, 0.1) is 22.9 Å². The van der Waals surface area contributed by atoms with Gasteiger partial charge < -0.3 is 9.80 Å². The molecule has 1 spiro atoms. The van der Waals surface area contributed by atoms with E-state index in [9.17, 15) is 22.6 Å². The van der Waals surface area contributed by atoms with Crippen LogP contribution in [-0.2, 0) is 16.4 Å². The lowest BCUT2D eigenvalue weighted by molar-refractivity contribution is 0.257. The molecule has 3 aromatic rings. The van der Waals surface area contributed by atoms with E-state index in [1.807, 2.05) is 25.7 Å². The highest BCUT2D eigenvalue weighted by Gasteiger charge is 2.53. The SMILES string of the molecule is CCc1ccc(F)c(NS(=O)(=O)c2ccn(SC(C)C)c2)c1C(=N)N1CCN(c2ncc(F)cc2F)CC12CC2.